The minimum Gasteiger partial charge on any atom is -0.497 e. The van der Waals surface area contributed by atoms with Crippen molar-refractivity contribution in [3.63, 3.8) is 0 Å². The van der Waals surface area contributed by atoms with E-state index in [4.69, 9.17) is 15.6 Å². The molecule has 1 atom stereocenters. The molecule has 0 radical (unpaired) electrons. The second kappa shape index (κ2) is 7.98. The Bertz CT molecular complexity index is 622. The summed E-state index contributed by atoms with van der Waals surface area (Å²) in [5.74, 6) is -1.79. The van der Waals surface area contributed by atoms with E-state index < -0.39 is 23.8 Å². The number of carboxylic acid groups (broad SMARTS) is 1. The molecule has 1 aromatic rings. The summed E-state index contributed by atoms with van der Waals surface area (Å²) in [5, 5.41) is 8.80. The smallest absolute Gasteiger partial charge is 0.331 e. The summed E-state index contributed by atoms with van der Waals surface area (Å²) < 4.78 is 5.05. The zero-order valence-electron chi connectivity index (χ0n) is 13.3. The average Bonchev–Trinajstić information content (AvgIpc) is 2.51. The van der Waals surface area contributed by atoms with Crippen molar-refractivity contribution in [1.29, 1.82) is 0 Å². The van der Waals surface area contributed by atoms with E-state index in [1.807, 2.05) is 0 Å². The van der Waals surface area contributed by atoms with Crippen molar-refractivity contribution in [2.75, 3.05) is 14.2 Å². The second-order valence-corrected chi connectivity index (χ2v) is 5.05. The molecule has 23 heavy (non-hydrogen) atoms. The summed E-state index contributed by atoms with van der Waals surface area (Å²) in [7, 11) is 2.96. The number of carbonyl (C=O) groups is 3. The number of amides is 2. The molecule has 1 rings (SSSR count). The summed E-state index contributed by atoms with van der Waals surface area (Å²) in [4.78, 5) is 35.6. The highest BCUT2D eigenvalue weighted by Gasteiger charge is 2.24. The molecule has 0 heterocycles. The maximum absolute atomic E-state index is 12.1. The SMILES string of the molecule is COc1ccc(CC(C(N)=O)N(C)C(=O)/C=C(/C)C(=O)O)cc1. The van der Waals surface area contributed by atoms with Gasteiger partial charge in [-0.1, -0.05) is 12.1 Å². The minimum atomic E-state index is -1.20. The molecule has 0 aliphatic rings. The van der Waals surface area contributed by atoms with Crippen LogP contribution in [0.25, 0.3) is 0 Å². The van der Waals surface area contributed by atoms with Crippen LogP contribution in [-0.2, 0) is 20.8 Å². The van der Waals surface area contributed by atoms with Crippen LogP contribution in [0.2, 0.25) is 0 Å². The topological polar surface area (TPSA) is 110 Å². The Morgan fingerprint density at radius 1 is 1.30 bits per heavy atom. The van der Waals surface area contributed by atoms with Crippen LogP contribution in [0.1, 0.15) is 12.5 Å². The minimum absolute atomic E-state index is 0.116. The van der Waals surface area contributed by atoms with Crippen molar-refractivity contribution in [3.8, 4) is 5.75 Å². The number of carboxylic acids is 1. The van der Waals surface area contributed by atoms with Gasteiger partial charge in [0.25, 0.3) is 0 Å². The largest absolute Gasteiger partial charge is 0.497 e. The maximum atomic E-state index is 12.1. The van der Waals surface area contributed by atoms with Gasteiger partial charge in [0.2, 0.25) is 11.8 Å². The van der Waals surface area contributed by atoms with Crippen LogP contribution in [0, 0.1) is 0 Å². The Labute approximate surface area is 134 Å². The summed E-state index contributed by atoms with van der Waals surface area (Å²) in [5.41, 5.74) is 6.06. The quantitative estimate of drug-likeness (QED) is 0.714. The normalized spacial score (nSPS) is 12.4. The average molecular weight is 320 g/mol. The van der Waals surface area contributed by atoms with Gasteiger partial charge in [0, 0.05) is 25.1 Å². The lowest BCUT2D eigenvalue weighted by atomic mass is 10.0. The number of ether oxygens (including phenoxy) is 1. The molecule has 3 N–H and O–H groups in total. The van der Waals surface area contributed by atoms with Crippen LogP contribution in [0.3, 0.4) is 0 Å². The molecule has 0 saturated heterocycles. The van der Waals surface area contributed by atoms with E-state index in [0.29, 0.717) is 5.75 Å². The van der Waals surface area contributed by atoms with Crippen LogP contribution >= 0.6 is 0 Å². The van der Waals surface area contributed by atoms with Gasteiger partial charge in [0.1, 0.15) is 11.8 Å². The number of nitrogens with zero attached hydrogens (tertiary/aromatic N) is 1. The van der Waals surface area contributed by atoms with Crippen molar-refractivity contribution in [3.05, 3.63) is 41.5 Å². The summed E-state index contributed by atoms with van der Waals surface area (Å²) in [6, 6.07) is 6.14. The third-order valence-corrected chi connectivity index (χ3v) is 3.41. The Morgan fingerprint density at radius 3 is 2.30 bits per heavy atom. The van der Waals surface area contributed by atoms with Crippen LogP contribution < -0.4 is 10.5 Å². The molecule has 0 saturated carbocycles. The first-order chi connectivity index (χ1) is 10.8. The van der Waals surface area contributed by atoms with Gasteiger partial charge < -0.3 is 20.5 Å². The lowest BCUT2D eigenvalue weighted by Gasteiger charge is -2.25. The molecule has 7 nitrogen and oxygen atoms in total. The van der Waals surface area contributed by atoms with E-state index in [9.17, 15) is 14.4 Å². The molecule has 0 fully saturated rings. The molecule has 7 heteroatoms. The number of primary amides is 1. The summed E-state index contributed by atoms with van der Waals surface area (Å²) in [6.45, 7) is 1.30. The summed E-state index contributed by atoms with van der Waals surface area (Å²) in [6.07, 6.45) is 1.19. The third-order valence-electron chi connectivity index (χ3n) is 3.41. The van der Waals surface area contributed by atoms with Gasteiger partial charge in [-0.3, -0.25) is 9.59 Å². The first-order valence-electron chi connectivity index (χ1n) is 6.87. The van der Waals surface area contributed by atoms with Crippen molar-refractivity contribution in [2.45, 2.75) is 19.4 Å². The fraction of sp³-hybridized carbons (Fsp3) is 0.312. The number of carbonyl (C=O) groups excluding carboxylic acids is 2. The zero-order valence-corrected chi connectivity index (χ0v) is 13.3. The molecule has 2 amide bonds. The first kappa shape index (κ1) is 18.2. The molecular weight excluding hydrogens is 300 g/mol. The second-order valence-electron chi connectivity index (χ2n) is 5.05. The van der Waals surface area contributed by atoms with Gasteiger partial charge in [-0.15, -0.1) is 0 Å². The molecule has 1 unspecified atom stereocenters. The van der Waals surface area contributed by atoms with E-state index >= 15 is 0 Å². The van der Waals surface area contributed by atoms with Crippen molar-refractivity contribution < 1.29 is 24.2 Å². The standard InChI is InChI=1S/C16H20N2O5/c1-10(16(21)22)8-14(19)18(2)13(15(17)20)9-11-4-6-12(23-3)7-5-11/h4-8,13H,9H2,1-3H3,(H2,17,20)(H,21,22)/b10-8-. The Balaban J connectivity index is 2.92. The van der Waals surface area contributed by atoms with Crippen molar-refractivity contribution in [1.82, 2.24) is 4.90 Å². The molecular formula is C16H20N2O5. The van der Waals surface area contributed by atoms with Gasteiger partial charge in [-0.2, -0.15) is 0 Å². The lowest BCUT2D eigenvalue weighted by Crippen LogP contribution is -2.46. The molecule has 0 aromatic heterocycles. The Hall–Kier alpha value is -2.83. The van der Waals surface area contributed by atoms with Gasteiger partial charge in [0.05, 0.1) is 7.11 Å². The zero-order chi connectivity index (χ0) is 17.6. The van der Waals surface area contributed by atoms with Crippen LogP contribution in [0.5, 0.6) is 5.75 Å². The van der Waals surface area contributed by atoms with Crippen LogP contribution in [0.4, 0.5) is 0 Å². The highest BCUT2D eigenvalue weighted by Crippen LogP contribution is 2.14. The van der Waals surface area contributed by atoms with E-state index in [-0.39, 0.29) is 12.0 Å². The Kier molecular flexibility index (Phi) is 6.32. The number of methoxy groups -OCH3 is 1. The molecule has 0 aliphatic carbocycles. The molecule has 0 bridgehead atoms. The molecule has 0 spiro atoms. The number of likely N-dealkylation sites (N-methyl/N-ethyl adjacent to an activating group) is 1. The van der Waals surface area contributed by atoms with Gasteiger partial charge in [0.15, 0.2) is 0 Å². The number of nitrogens with two attached hydrogens (primary N) is 1. The first-order valence-corrected chi connectivity index (χ1v) is 6.87. The Morgan fingerprint density at radius 2 is 1.87 bits per heavy atom. The predicted octanol–water partition coefficient (Wildman–Crippen LogP) is 0.581. The van der Waals surface area contributed by atoms with Crippen molar-refractivity contribution in [2.24, 2.45) is 5.73 Å². The van der Waals surface area contributed by atoms with Crippen molar-refractivity contribution >= 4 is 17.8 Å². The van der Waals surface area contributed by atoms with Crippen LogP contribution in [0.15, 0.2) is 35.9 Å². The number of aliphatic carboxylic acids is 1. The predicted molar refractivity (Wildman–Crippen MR) is 83.8 cm³/mol. The van der Waals surface area contributed by atoms with Gasteiger partial charge in [-0.25, -0.2) is 4.79 Å². The lowest BCUT2D eigenvalue weighted by molar-refractivity contribution is -0.135. The fourth-order valence-electron chi connectivity index (χ4n) is 1.92. The number of hydrogen-bond donors (Lipinski definition) is 2. The number of rotatable bonds is 7. The monoisotopic (exact) mass is 320 g/mol. The number of benzene rings is 1. The van der Waals surface area contributed by atoms with Gasteiger partial charge in [-0.05, 0) is 24.6 Å². The van der Waals surface area contributed by atoms with E-state index in [1.54, 1.807) is 31.4 Å². The van der Waals surface area contributed by atoms with Crippen LogP contribution in [-0.4, -0.2) is 48.0 Å². The van der Waals surface area contributed by atoms with E-state index in [2.05, 4.69) is 0 Å². The molecule has 124 valence electrons. The summed E-state index contributed by atoms with van der Waals surface area (Å²) >= 11 is 0. The van der Waals surface area contributed by atoms with E-state index in [0.717, 1.165) is 16.5 Å². The van der Waals surface area contributed by atoms with Gasteiger partial charge >= 0.3 is 5.97 Å². The fourth-order valence-corrected chi connectivity index (χ4v) is 1.92. The van der Waals surface area contributed by atoms with E-state index in [1.165, 1.54) is 14.0 Å². The highest BCUT2D eigenvalue weighted by atomic mass is 16.5. The maximum Gasteiger partial charge on any atom is 0.331 e. The number of hydrogen-bond acceptors (Lipinski definition) is 4. The molecule has 0 aliphatic heterocycles. The molecule has 1 aromatic carbocycles. The highest BCUT2D eigenvalue weighted by molar-refractivity contribution is 5.98. The third kappa shape index (κ3) is 5.14.